The van der Waals surface area contributed by atoms with Crippen LogP contribution in [0.15, 0.2) is 280 Å². The highest BCUT2D eigenvalue weighted by Crippen LogP contribution is 2.27. The third kappa shape index (κ3) is 20.8. The van der Waals surface area contributed by atoms with E-state index in [-0.39, 0.29) is 49.3 Å². The molecule has 0 saturated carbocycles. The minimum absolute atomic E-state index is 0.113. The first kappa shape index (κ1) is 82.1. The number of carbonyl (C=O) groups excluding carboxylic acids is 4. The topological polar surface area (TPSA) is 393 Å². The van der Waals surface area contributed by atoms with Crippen LogP contribution in [0.4, 0.5) is 23.0 Å². The normalized spacial score (nSPS) is 10.9. The molecule has 9 aromatic carbocycles. The number of fused-ring (bicyclic) bond motifs is 5. The van der Waals surface area contributed by atoms with Crippen molar-refractivity contribution < 1.29 is 58.8 Å². The van der Waals surface area contributed by atoms with Gasteiger partial charge in [-0.1, -0.05) is 151 Å². The standard InChI is InChI=1S/C25H19N5O3.2C23H20N4O3.C22H20N4O3/c31-24(32)12-21-20-7-3-4-8-22(20)30(29-21)15-19-13-27-23(14-26-19)28-25(33)18-10-9-16-5-1-2-6-17(16)11-18;1-15-6-9-17(13-24-15)23(30)25-18-10-7-16(8-11-18)14-27-21-5-3-2-4-19(21)20(26-27)12-22(28)29;1-15-6-9-17(10-7-15)23(30)25-21-11-8-16(13-24-21)14-27-20-5-3-2-4-18(20)19(26-27)12-22(28)29;1-25-11-10-16(14-25)22(29)23-17-8-6-15(7-9-17)13-26-20-5-3-2-4-18(20)19(24-26)12-21(27)28/h1-11,13-14H,12,15H2,(H,31,32)(H,27,28,33);2-11,13H,12,14H2,1H3,(H,25,30)(H,28,29);2-11,13H,12,14H2,1H3,(H,28,29)(H,24,25,30);2-11,14H,12-13H2,1H3,(H,23,29)(H,27,28). The maximum atomic E-state index is 12.6. The highest BCUT2D eigenvalue weighted by atomic mass is 16.4. The Morgan fingerprint density at radius 1 is 0.328 bits per heavy atom. The molecule has 0 bridgehead atoms. The van der Waals surface area contributed by atoms with Crippen LogP contribution in [0.5, 0.6) is 0 Å². The Labute approximate surface area is 696 Å². The van der Waals surface area contributed by atoms with E-state index in [1.54, 1.807) is 81.3 Å². The van der Waals surface area contributed by atoms with Crippen molar-refractivity contribution >= 4 is 125 Å². The number of anilines is 4. The summed E-state index contributed by atoms with van der Waals surface area (Å²) in [4.78, 5) is 111. The van der Waals surface area contributed by atoms with E-state index >= 15 is 0 Å². The van der Waals surface area contributed by atoms with Gasteiger partial charge in [-0.05, 0) is 138 Å². The van der Waals surface area contributed by atoms with Gasteiger partial charge in [0.05, 0.1) is 126 Å². The highest BCUT2D eigenvalue weighted by molar-refractivity contribution is 6.07. The zero-order valence-electron chi connectivity index (χ0n) is 66.1. The summed E-state index contributed by atoms with van der Waals surface area (Å²) in [5.41, 5.74) is 14.7. The van der Waals surface area contributed by atoms with Crippen molar-refractivity contribution in [2.24, 2.45) is 7.05 Å². The summed E-state index contributed by atoms with van der Waals surface area (Å²) >= 11 is 0. The lowest BCUT2D eigenvalue weighted by molar-refractivity contribution is -0.137. The van der Waals surface area contributed by atoms with Gasteiger partial charge in [0.25, 0.3) is 23.6 Å². The van der Waals surface area contributed by atoms with Crippen molar-refractivity contribution in [2.45, 2.75) is 65.7 Å². The number of benzene rings is 9. The highest BCUT2D eigenvalue weighted by Gasteiger charge is 2.20. The number of pyridine rings is 2. The van der Waals surface area contributed by atoms with Gasteiger partial charge >= 0.3 is 23.9 Å². The minimum Gasteiger partial charge on any atom is -0.481 e. The fourth-order valence-corrected chi connectivity index (χ4v) is 13.6. The Morgan fingerprint density at radius 2 is 0.730 bits per heavy atom. The molecule has 8 heterocycles. The van der Waals surface area contributed by atoms with Crippen LogP contribution in [0.3, 0.4) is 0 Å². The van der Waals surface area contributed by atoms with Crippen LogP contribution in [0.25, 0.3) is 54.4 Å². The lowest BCUT2D eigenvalue weighted by Gasteiger charge is -2.08. The van der Waals surface area contributed by atoms with Crippen LogP contribution in [-0.4, -0.2) is 132 Å². The van der Waals surface area contributed by atoms with Gasteiger partial charge in [0.2, 0.25) is 0 Å². The Morgan fingerprint density at radius 3 is 1.16 bits per heavy atom. The Balaban J connectivity index is 0.000000133. The van der Waals surface area contributed by atoms with Crippen LogP contribution >= 0.6 is 0 Å². The van der Waals surface area contributed by atoms with Crippen molar-refractivity contribution in [1.29, 1.82) is 0 Å². The molecule has 0 fully saturated rings. The minimum atomic E-state index is -0.934. The average Bonchev–Trinajstić information content (AvgIpc) is 1.67. The van der Waals surface area contributed by atoms with E-state index in [4.69, 9.17) is 20.4 Å². The van der Waals surface area contributed by atoms with Crippen LogP contribution in [0, 0.1) is 13.8 Å². The van der Waals surface area contributed by atoms with Crippen LogP contribution < -0.4 is 21.3 Å². The van der Waals surface area contributed by atoms with Gasteiger partial charge in [0.1, 0.15) is 5.82 Å². The van der Waals surface area contributed by atoms with E-state index in [1.807, 2.05) is 237 Å². The second-order valence-electron chi connectivity index (χ2n) is 28.6. The number of rotatable bonds is 24. The molecular formula is C93H79N17O12. The van der Waals surface area contributed by atoms with Crippen molar-refractivity contribution in [1.82, 2.24) is 63.6 Å². The Hall–Kier alpha value is -16.5. The van der Waals surface area contributed by atoms with Crippen molar-refractivity contribution in [3.05, 3.63) is 359 Å². The molecule has 4 amide bonds. The molecule has 0 unspecified atom stereocenters. The number of carboxylic acid groups (broad SMARTS) is 4. The molecule has 122 heavy (non-hydrogen) atoms. The van der Waals surface area contributed by atoms with E-state index in [0.717, 1.165) is 82.3 Å². The number of amides is 4. The van der Waals surface area contributed by atoms with Crippen molar-refractivity contribution in [2.75, 3.05) is 21.3 Å². The van der Waals surface area contributed by atoms with Gasteiger partial charge in [-0.25, -0.2) is 9.97 Å². The lowest BCUT2D eigenvalue weighted by atomic mass is 10.1. The first-order chi connectivity index (χ1) is 59.0. The predicted molar refractivity (Wildman–Crippen MR) is 461 cm³/mol. The molecule has 0 atom stereocenters. The summed E-state index contributed by atoms with van der Waals surface area (Å²) in [5.74, 6) is -3.71. The number of carbonyl (C=O) groups is 8. The zero-order chi connectivity index (χ0) is 85.3. The largest absolute Gasteiger partial charge is 0.481 e. The van der Waals surface area contributed by atoms with Gasteiger partial charge < -0.3 is 46.3 Å². The Bertz CT molecular complexity index is 6520. The first-order valence-corrected chi connectivity index (χ1v) is 38.5. The first-order valence-electron chi connectivity index (χ1n) is 38.5. The quantitative estimate of drug-likeness (QED) is 0.0278. The van der Waals surface area contributed by atoms with Gasteiger partial charge in [0, 0.05) is 81.6 Å². The smallest absolute Gasteiger partial charge is 0.309 e. The van der Waals surface area contributed by atoms with E-state index in [0.29, 0.717) is 99.9 Å². The van der Waals surface area contributed by atoms with Gasteiger partial charge in [0.15, 0.2) is 5.82 Å². The number of aliphatic carboxylic acids is 4. The zero-order valence-corrected chi connectivity index (χ0v) is 66.1. The number of hydrogen-bond donors (Lipinski definition) is 8. The molecule has 0 aliphatic rings. The summed E-state index contributed by atoms with van der Waals surface area (Å²) < 4.78 is 8.93. The fourth-order valence-electron chi connectivity index (χ4n) is 13.6. The fraction of sp³-hybridized carbons (Fsp3) is 0.118. The number of carboxylic acids is 4. The third-order valence-corrected chi connectivity index (χ3v) is 19.6. The van der Waals surface area contributed by atoms with Crippen molar-refractivity contribution in [3.63, 3.8) is 0 Å². The molecule has 0 spiro atoms. The van der Waals surface area contributed by atoms with Gasteiger partial charge in [-0.2, -0.15) is 20.4 Å². The second kappa shape index (κ2) is 37.6. The Kier molecular flexibility index (Phi) is 25.3. The summed E-state index contributed by atoms with van der Waals surface area (Å²) in [6.07, 6.45) is 9.38. The van der Waals surface area contributed by atoms with Crippen LogP contribution in [-0.2, 0) is 78.1 Å². The SMILES string of the molecule is Cc1ccc(C(=O)Nc2ccc(Cn3nc(CC(=O)O)c4ccccc43)cc2)cn1.Cc1ccc(C(=O)Nc2ccc(Cn3nc(CC(=O)O)c4ccccc43)cn2)cc1.Cn1ccc(C(=O)Nc2ccc(Cn3nc(CC(=O)O)c4ccccc43)cc2)c1.O=C(O)Cc1nn(Cc2cnc(NC(=O)c3ccc4ccccc4c3)cn2)c2ccccc12. The number of nitrogens with one attached hydrogen (secondary N) is 4. The number of para-hydroxylation sites is 4. The summed E-state index contributed by atoms with van der Waals surface area (Å²) in [6.45, 7) is 5.61. The van der Waals surface area contributed by atoms with E-state index in [9.17, 15) is 38.4 Å². The molecule has 0 aliphatic carbocycles. The van der Waals surface area contributed by atoms with Crippen LogP contribution in [0.2, 0.25) is 0 Å². The third-order valence-electron chi connectivity index (χ3n) is 19.6. The molecule has 0 saturated heterocycles. The van der Waals surface area contributed by atoms with Crippen LogP contribution in [0.1, 0.15) is 97.8 Å². The van der Waals surface area contributed by atoms with Crippen molar-refractivity contribution in [3.8, 4) is 0 Å². The molecule has 29 nitrogen and oxygen atoms in total. The summed E-state index contributed by atoms with van der Waals surface area (Å²) in [5, 5.41) is 71.2. The summed E-state index contributed by atoms with van der Waals surface area (Å²) in [6, 6.07) is 74.9. The molecule has 8 aromatic heterocycles. The number of hydrogen-bond acceptors (Lipinski definition) is 16. The van der Waals surface area contributed by atoms with Gasteiger partial charge in [-0.3, -0.25) is 67.1 Å². The molecule has 17 rings (SSSR count). The molecule has 8 N–H and O–H groups in total. The van der Waals surface area contributed by atoms with E-state index in [2.05, 4.69) is 61.6 Å². The van der Waals surface area contributed by atoms with Gasteiger partial charge in [-0.15, -0.1) is 0 Å². The number of aromatic nitrogens is 13. The maximum absolute atomic E-state index is 12.6. The second-order valence-corrected chi connectivity index (χ2v) is 28.6. The monoisotopic (exact) mass is 1630 g/mol. The molecule has 29 heteroatoms. The average molecular weight is 1630 g/mol. The van der Waals surface area contributed by atoms with E-state index < -0.39 is 23.9 Å². The van der Waals surface area contributed by atoms with E-state index in [1.165, 1.54) is 6.20 Å². The molecule has 17 aromatic rings. The predicted octanol–water partition coefficient (Wildman–Crippen LogP) is 14.5. The molecule has 608 valence electrons. The molecule has 0 radical (unpaired) electrons. The number of aryl methyl sites for hydroxylation is 3. The molecule has 0 aliphatic heterocycles. The molecular weight excluding hydrogens is 1550 g/mol. The summed E-state index contributed by atoms with van der Waals surface area (Å²) in [7, 11) is 1.87. The number of nitrogens with zero attached hydrogens (tertiary/aromatic N) is 13. The lowest BCUT2D eigenvalue weighted by Crippen LogP contribution is -2.13. The maximum Gasteiger partial charge on any atom is 0.309 e.